The Morgan fingerprint density at radius 3 is 2.51 bits per heavy atom. The van der Waals surface area contributed by atoms with Crippen molar-refractivity contribution >= 4 is 34.2 Å². The van der Waals surface area contributed by atoms with Crippen molar-refractivity contribution < 1.29 is 0 Å². The Labute approximate surface area is 284 Å². The largest absolute Gasteiger partial charge is 0.315 e. The van der Waals surface area contributed by atoms with Crippen LogP contribution >= 0.6 is 0 Å². The lowest BCUT2D eigenvalue weighted by Gasteiger charge is -2.28. The molecule has 2 unspecified atom stereocenters. The van der Waals surface area contributed by atoms with Gasteiger partial charge in [0.2, 0.25) is 5.56 Å². The van der Waals surface area contributed by atoms with E-state index in [1.807, 2.05) is 51.2 Å². The normalized spacial score (nSPS) is 17.9. The summed E-state index contributed by atoms with van der Waals surface area (Å²) >= 11 is 0. The van der Waals surface area contributed by atoms with Crippen LogP contribution in [0.1, 0.15) is 28.9 Å². The molecule has 49 heavy (non-hydrogen) atoms. The van der Waals surface area contributed by atoms with E-state index >= 15 is 0 Å². The molecular formula is C34H42N15+. The van der Waals surface area contributed by atoms with Gasteiger partial charge in [0.25, 0.3) is 0 Å². The van der Waals surface area contributed by atoms with Gasteiger partial charge in [0.05, 0.1) is 41.9 Å². The van der Waals surface area contributed by atoms with Gasteiger partial charge in [0.1, 0.15) is 17.9 Å². The number of pyridine rings is 2. The van der Waals surface area contributed by atoms with Gasteiger partial charge in [-0.2, -0.15) is 25.1 Å². The molecule has 1 saturated heterocycles. The second-order valence-corrected chi connectivity index (χ2v) is 12.0. The third kappa shape index (κ3) is 8.65. The number of aryl methyl sites for hydroxylation is 3. The van der Waals surface area contributed by atoms with Gasteiger partial charge in [-0.1, -0.05) is 5.10 Å². The molecule has 0 radical (unpaired) electrons. The molecule has 0 saturated carbocycles. The van der Waals surface area contributed by atoms with Crippen molar-refractivity contribution in [3.8, 4) is 0 Å². The van der Waals surface area contributed by atoms with Crippen molar-refractivity contribution in [1.82, 2.24) is 65.1 Å². The van der Waals surface area contributed by atoms with Crippen LogP contribution in [0.25, 0.3) is 21.8 Å². The van der Waals surface area contributed by atoms with E-state index in [1.165, 1.54) is 17.7 Å². The van der Waals surface area contributed by atoms with Crippen molar-refractivity contribution in [3.63, 3.8) is 0 Å². The minimum atomic E-state index is 0.633. The van der Waals surface area contributed by atoms with Crippen LogP contribution in [0.4, 0.5) is 0 Å². The van der Waals surface area contributed by atoms with Gasteiger partial charge < -0.3 is 10.6 Å². The quantitative estimate of drug-likeness (QED) is 0.208. The Hall–Kier alpha value is -5.63. The second kappa shape index (κ2) is 16.0. The smallest absolute Gasteiger partial charge is 0.238 e. The van der Waals surface area contributed by atoms with E-state index in [1.54, 1.807) is 59.0 Å². The van der Waals surface area contributed by atoms with Gasteiger partial charge in [0.15, 0.2) is 11.9 Å². The first kappa shape index (κ1) is 33.3. The predicted octanol–water partition coefficient (Wildman–Crippen LogP) is 2.41. The van der Waals surface area contributed by atoms with Gasteiger partial charge in [-0.3, -0.25) is 29.4 Å². The van der Waals surface area contributed by atoms with Crippen LogP contribution in [0.15, 0.2) is 78.0 Å². The maximum Gasteiger partial charge on any atom is 0.238 e. The highest BCUT2D eigenvalue weighted by Crippen LogP contribution is 2.20. The van der Waals surface area contributed by atoms with Crippen LogP contribution in [0.2, 0.25) is 0 Å². The molecule has 0 amide bonds. The van der Waals surface area contributed by atoms with E-state index in [9.17, 15) is 0 Å². The third-order valence-electron chi connectivity index (χ3n) is 8.42. The maximum absolute atomic E-state index is 4.31. The minimum Gasteiger partial charge on any atom is -0.315 e. The standard InChI is InChI=1S/C7H11N3.C7H7N3.C7H13N3.C7H6N3.C6H5N3/c2*1-10-5-6-2-3-8-4-7(6)9-10;2*1-10-7-5-8-3-2-6(7)4-9-10;1-2-7-4-6-5(1)3-8-9-6/h5,8H,2-4H2,1H3;2-5H,1H3;4,6-8H,2-3,5H2,1H3;3-5H,1H3;1-4H,(H,8,9)/q;;;+1;. The van der Waals surface area contributed by atoms with E-state index < -0.39 is 0 Å². The van der Waals surface area contributed by atoms with Crippen LogP contribution < -0.4 is 10.6 Å². The number of hydrazone groups is 1. The molecule has 0 spiro atoms. The molecule has 15 nitrogen and oxygen atoms in total. The summed E-state index contributed by atoms with van der Waals surface area (Å²) in [7, 11) is 7.81. The number of hydrogen-bond acceptors (Lipinski definition) is 11. The van der Waals surface area contributed by atoms with Gasteiger partial charge in [0, 0.05) is 89.0 Å². The molecule has 4 aliphatic rings. The predicted molar refractivity (Wildman–Crippen MR) is 190 cm³/mol. The first-order valence-electron chi connectivity index (χ1n) is 16.2. The molecule has 0 aromatic carbocycles. The highest BCUT2D eigenvalue weighted by atomic mass is 15.5. The van der Waals surface area contributed by atoms with Crippen LogP contribution in [0.3, 0.4) is 0 Å². The topological polar surface area (TPSA) is 160 Å². The van der Waals surface area contributed by atoms with E-state index in [0.29, 0.717) is 12.0 Å². The monoisotopic (exact) mass is 660 g/mol. The van der Waals surface area contributed by atoms with Crippen molar-refractivity contribution in [2.45, 2.75) is 25.4 Å². The van der Waals surface area contributed by atoms with Crippen molar-refractivity contribution in [2.75, 3.05) is 26.7 Å². The number of aromatic nitrogens is 10. The Morgan fingerprint density at radius 2 is 1.71 bits per heavy atom. The summed E-state index contributed by atoms with van der Waals surface area (Å²) < 4.78 is 5.45. The lowest BCUT2D eigenvalue weighted by molar-refractivity contribution is 0.211. The van der Waals surface area contributed by atoms with E-state index in [4.69, 9.17) is 0 Å². The fourth-order valence-corrected chi connectivity index (χ4v) is 5.79. The zero-order chi connectivity index (χ0) is 34.0. The molecule has 2 atom stereocenters. The highest BCUT2D eigenvalue weighted by molar-refractivity contribution is 5.81. The zero-order valence-electron chi connectivity index (χ0n) is 28.3. The molecule has 10 rings (SSSR count). The van der Waals surface area contributed by atoms with Crippen molar-refractivity contribution in [1.29, 1.82) is 0 Å². The number of H-pyrrole nitrogens is 1. The van der Waals surface area contributed by atoms with Gasteiger partial charge in [-0.05, 0) is 43.6 Å². The highest BCUT2D eigenvalue weighted by Gasteiger charge is 2.30. The summed E-state index contributed by atoms with van der Waals surface area (Å²) in [5.41, 5.74) is 6.58. The van der Waals surface area contributed by atoms with E-state index in [2.05, 4.69) is 79.7 Å². The number of rotatable bonds is 0. The molecule has 10 heterocycles. The number of aliphatic imine (C=N–C) groups is 1. The second-order valence-electron chi connectivity index (χ2n) is 12.0. The van der Waals surface area contributed by atoms with Crippen molar-refractivity contribution in [2.24, 2.45) is 37.2 Å². The molecule has 1 fully saturated rings. The minimum absolute atomic E-state index is 0.633. The molecule has 3 N–H and O–H groups in total. The van der Waals surface area contributed by atoms with Crippen LogP contribution in [0, 0.1) is 12.0 Å². The number of likely N-dealkylation sites (N-methyl/N-ethyl adjacent to an activating group) is 1. The summed E-state index contributed by atoms with van der Waals surface area (Å²) in [6, 6.07) is 4.50. The lowest BCUT2D eigenvalue weighted by atomic mass is 9.95. The average molecular weight is 661 g/mol. The summed E-state index contributed by atoms with van der Waals surface area (Å²) in [4.78, 5) is 11.8. The van der Waals surface area contributed by atoms with Crippen molar-refractivity contribution in [3.05, 3.63) is 96.5 Å². The fraction of sp³-hybridized carbons (Fsp3) is 0.353. The molecule has 6 aromatic heterocycles. The first-order chi connectivity index (χ1) is 23.9. The maximum atomic E-state index is 4.31. The summed E-state index contributed by atoms with van der Waals surface area (Å²) in [6.07, 6.45) is 25.5. The summed E-state index contributed by atoms with van der Waals surface area (Å²) in [5, 5.41) is 34.4. The van der Waals surface area contributed by atoms with Crippen LogP contribution in [0.5, 0.6) is 0 Å². The van der Waals surface area contributed by atoms with E-state index in [-0.39, 0.29) is 0 Å². The Morgan fingerprint density at radius 1 is 0.878 bits per heavy atom. The molecule has 6 aromatic rings. The van der Waals surface area contributed by atoms with Crippen LogP contribution in [-0.4, -0.2) is 99.7 Å². The zero-order valence-corrected chi connectivity index (χ0v) is 28.3. The number of hydrogen-bond donors (Lipinski definition) is 3. The van der Waals surface area contributed by atoms with Gasteiger partial charge in [-0.25, -0.2) is 4.99 Å². The number of piperidine rings is 1. The number of nitrogens with zero attached hydrogens (tertiary/aromatic N) is 12. The summed E-state index contributed by atoms with van der Waals surface area (Å²) in [5.74, 6) is 0.714. The molecular weight excluding hydrogens is 618 g/mol. The number of fused-ring (bicyclic) bond motifs is 5. The average Bonchev–Trinajstić information content (AvgIpc) is 3.97. The first-order valence-corrected chi connectivity index (χ1v) is 16.2. The van der Waals surface area contributed by atoms with Crippen LogP contribution in [-0.2, 0) is 34.1 Å². The Balaban J connectivity index is 0.000000106. The molecule has 252 valence electrons. The van der Waals surface area contributed by atoms with E-state index in [0.717, 1.165) is 65.7 Å². The summed E-state index contributed by atoms with van der Waals surface area (Å²) in [6.45, 7) is 4.29. The molecule has 0 aliphatic carbocycles. The van der Waals surface area contributed by atoms with Gasteiger partial charge >= 0.3 is 0 Å². The number of aromatic amines is 1. The SMILES string of the molecule is CN1N=CC2CCNCC21.Cn1cc2c(n1)CNCC2.Cn1cc2ccncc2n1.Cn1ncc2c1C=NC=[C+]2.c1cc2cn[nH]c2cn1. The fourth-order valence-electron chi connectivity index (χ4n) is 5.79. The lowest BCUT2D eigenvalue weighted by Crippen LogP contribution is -2.44. The molecule has 4 aliphatic heterocycles. The Kier molecular flexibility index (Phi) is 10.9. The molecule has 15 heteroatoms. The third-order valence-corrected chi connectivity index (χ3v) is 8.42. The number of nitrogens with one attached hydrogen (secondary N) is 3. The Bertz CT molecular complexity index is 1940. The molecule has 0 bridgehead atoms. The van der Waals surface area contributed by atoms with Gasteiger partial charge in [-0.15, -0.1) is 0 Å².